The smallest absolute Gasteiger partial charge is 0.222 e. The Hall–Kier alpha value is -3.15. The predicted molar refractivity (Wildman–Crippen MR) is 97.3 cm³/mol. The van der Waals surface area contributed by atoms with E-state index >= 15 is 0 Å². The molecule has 0 radical (unpaired) electrons. The van der Waals surface area contributed by atoms with Crippen molar-refractivity contribution in [3.63, 3.8) is 0 Å². The Kier molecular flexibility index (Phi) is 3.70. The SMILES string of the molecule is CCCn1c(/C=N\Nc2nc3ccccc3[nH]2)nc2ccccc21. The number of fused-ring (bicyclic) bond motifs is 2. The molecule has 4 rings (SSSR count). The molecule has 2 N–H and O–H groups in total. The summed E-state index contributed by atoms with van der Waals surface area (Å²) in [6.45, 7) is 3.06. The van der Waals surface area contributed by atoms with E-state index in [4.69, 9.17) is 0 Å². The van der Waals surface area contributed by atoms with Crippen LogP contribution in [-0.4, -0.2) is 25.7 Å². The summed E-state index contributed by atoms with van der Waals surface area (Å²) in [5, 5.41) is 4.29. The van der Waals surface area contributed by atoms with Gasteiger partial charge in [0.1, 0.15) is 0 Å². The standard InChI is InChI=1S/C18H18N6/c1-2-11-24-16-10-6-5-9-15(16)20-17(24)12-19-23-18-21-13-7-3-4-8-14(13)22-18/h3-10,12H,2,11H2,1H3,(H2,21,22,23)/b19-12-. The Morgan fingerprint density at radius 1 is 1.08 bits per heavy atom. The number of nitrogens with zero attached hydrogens (tertiary/aromatic N) is 4. The number of aryl methyl sites for hydroxylation is 1. The first-order chi connectivity index (χ1) is 11.8. The van der Waals surface area contributed by atoms with Crippen LogP contribution in [0.5, 0.6) is 0 Å². The van der Waals surface area contributed by atoms with E-state index in [1.165, 1.54) is 0 Å². The van der Waals surface area contributed by atoms with Crippen LogP contribution in [0.15, 0.2) is 53.6 Å². The number of benzene rings is 2. The molecule has 2 aromatic carbocycles. The molecule has 0 fully saturated rings. The maximum absolute atomic E-state index is 4.65. The van der Waals surface area contributed by atoms with Gasteiger partial charge in [0.15, 0.2) is 5.82 Å². The number of nitrogens with one attached hydrogen (secondary N) is 2. The molecular weight excluding hydrogens is 300 g/mol. The first-order valence-corrected chi connectivity index (χ1v) is 8.04. The van der Waals surface area contributed by atoms with Crippen molar-refractivity contribution in [2.75, 3.05) is 5.43 Å². The average Bonchev–Trinajstić information content (AvgIpc) is 3.17. The molecule has 24 heavy (non-hydrogen) atoms. The van der Waals surface area contributed by atoms with Gasteiger partial charge in [-0.1, -0.05) is 31.2 Å². The largest absolute Gasteiger partial charge is 0.323 e. The zero-order valence-electron chi connectivity index (χ0n) is 13.4. The number of hydrogen-bond acceptors (Lipinski definition) is 4. The molecule has 0 spiro atoms. The third-order valence-electron chi connectivity index (χ3n) is 3.87. The highest BCUT2D eigenvalue weighted by atomic mass is 15.4. The zero-order valence-corrected chi connectivity index (χ0v) is 13.4. The predicted octanol–water partition coefficient (Wildman–Crippen LogP) is 3.77. The molecule has 6 heteroatoms. The number of rotatable bonds is 5. The van der Waals surface area contributed by atoms with Gasteiger partial charge in [-0.3, -0.25) is 0 Å². The number of H-pyrrole nitrogens is 1. The van der Waals surface area contributed by atoms with E-state index in [2.05, 4.69) is 43.0 Å². The second kappa shape index (κ2) is 6.16. The summed E-state index contributed by atoms with van der Waals surface area (Å²) in [6, 6.07) is 16.0. The number of aromatic amines is 1. The maximum Gasteiger partial charge on any atom is 0.222 e. The van der Waals surface area contributed by atoms with Crippen LogP contribution in [0.4, 0.5) is 5.95 Å². The van der Waals surface area contributed by atoms with E-state index in [0.29, 0.717) is 5.95 Å². The maximum atomic E-state index is 4.65. The van der Waals surface area contributed by atoms with Crippen LogP contribution >= 0.6 is 0 Å². The van der Waals surface area contributed by atoms with E-state index < -0.39 is 0 Å². The molecule has 2 aromatic heterocycles. The Morgan fingerprint density at radius 3 is 2.71 bits per heavy atom. The van der Waals surface area contributed by atoms with Crippen molar-refractivity contribution in [2.45, 2.75) is 19.9 Å². The molecule has 0 saturated heterocycles. The fourth-order valence-electron chi connectivity index (χ4n) is 2.81. The molecule has 0 aliphatic heterocycles. The van der Waals surface area contributed by atoms with Crippen molar-refractivity contribution in [3.05, 3.63) is 54.4 Å². The van der Waals surface area contributed by atoms with Crippen LogP contribution in [0.1, 0.15) is 19.2 Å². The van der Waals surface area contributed by atoms with Crippen molar-refractivity contribution >= 4 is 34.2 Å². The summed E-state index contributed by atoms with van der Waals surface area (Å²) in [5.41, 5.74) is 6.95. The Labute approximate surface area is 139 Å². The molecule has 4 aromatic rings. The molecule has 0 amide bonds. The number of hydrogen-bond donors (Lipinski definition) is 2. The molecule has 0 atom stereocenters. The highest BCUT2D eigenvalue weighted by molar-refractivity contribution is 5.85. The number of imidazole rings is 2. The van der Waals surface area contributed by atoms with Crippen LogP contribution in [-0.2, 0) is 6.54 Å². The first-order valence-electron chi connectivity index (χ1n) is 8.04. The van der Waals surface area contributed by atoms with Crippen LogP contribution < -0.4 is 5.43 Å². The van der Waals surface area contributed by atoms with Gasteiger partial charge in [0.25, 0.3) is 0 Å². The van der Waals surface area contributed by atoms with E-state index in [0.717, 1.165) is 40.9 Å². The molecule has 0 aliphatic rings. The summed E-state index contributed by atoms with van der Waals surface area (Å²) < 4.78 is 2.18. The summed E-state index contributed by atoms with van der Waals surface area (Å²) in [4.78, 5) is 12.3. The van der Waals surface area contributed by atoms with Crippen molar-refractivity contribution in [1.82, 2.24) is 19.5 Å². The molecule has 0 aliphatic carbocycles. The molecule has 0 saturated carbocycles. The van der Waals surface area contributed by atoms with Gasteiger partial charge in [-0.25, -0.2) is 15.4 Å². The number of aromatic nitrogens is 4. The van der Waals surface area contributed by atoms with Crippen molar-refractivity contribution in [1.29, 1.82) is 0 Å². The Bertz CT molecular complexity index is 978. The first kappa shape index (κ1) is 14.4. The fraction of sp³-hybridized carbons (Fsp3) is 0.167. The lowest BCUT2D eigenvalue weighted by Crippen LogP contribution is -2.03. The van der Waals surface area contributed by atoms with Crippen LogP contribution in [0, 0.1) is 0 Å². The quantitative estimate of drug-likeness (QED) is 0.435. The molecule has 0 unspecified atom stereocenters. The van der Waals surface area contributed by atoms with E-state index in [1.807, 2.05) is 42.5 Å². The van der Waals surface area contributed by atoms with Crippen LogP contribution in [0.3, 0.4) is 0 Å². The Balaban J connectivity index is 1.61. The normalized spacial score (nSPS) is 11.7. The van der Waals surface area contributed by atoms with Crippen molar-refractivity contribution in [3.8, 4) is 0 Å². The lowest BCUT2D eigenvalue weighted by Gasteiger charge is -2.03. The van der Waals surface area contributed by atoms with Gasteiger partial charge in [0, 0.05) is 6.54 Å². The average molecular weight is 318 g/mol. The summed E-state index contributed by atoms with van der Waals surface area (Å²) >= 11 is 0. The minimum Gasteiger partial charge on any atom is -0.323 e. The highest BCUT2D eigenvalue weighted by Gasteiger charge is 2.07. The fourth-order valence-corrected chi connectivity index (χ4v) is 2.81. The number of para-hydroxylation sites is 4. The second-order valence-electron chi connectivity index (χ2n) is 5.58. The van der Waals surface area contributed by atoms with Gasteiger partial charge in [-0.05, 0) is 30.7 Å². The van der Waals surface area contributed by atoms with Gasteiger partial charge in [0.05, 0.1) is 28.3 Å². The minimum atomic E-state index is 0.616. The van der Waals surface area contributed by atoms with Crippen LogP contribution in [0.25, 0.3) is 22.1 Å². The van der Waals surface area contributed by atoms with Gasteiger partial charge in [0.2, 0.25) is 5.95 Å². The van der Waals surface area contributed by atoms with E-state index in [1.54, 1.807) is 6.21 Å². The number of hydrazone groups is 1. The lowest BCUT2D eigenvalue weighted by atomic mass is 10.3. The molecule has 0 bridgehead atoms. The van der Waals surface area contributed by atoms with Crippen molar-refractivity contribution < 1.29 is 0 Å². The minimum absolute atomic E-state index is 0.616. The highest BCUT2D eigenvalue weighted by Crippen LogP contribution is 2.16. The molecule has 120 valence electrons. The van der Waals surface area contributed by atoms with Crippen LogP contribution in [0.2, 0.25) is 0 Å². The second-order valence-corrected chi connectivity index (χ2v) is 5.58. The third kappa shape index (κ3) is 2.62. The molecule has 2 heterocycles. The summed E-state index contributed by atoms with van der Waals surface area (Å²) in [7, 11) is 0. The monoisotopic (exact) mass is 318 g/mol. The lowest BCUT2D eigenvalue weighted by molar-refractivity contribution is 0.693. The molecule has 6 nitrogen and oxygen atoms in total. The topological polar surface area (TPSA) is 70.9 Å². The zero-order chi connectivity index (χ0) is 16.4. The third-order valence-corrected chi connectivity index (χ3v) is 3.87. The molecular formula is C18H18N6. The van der Waals surface area contributed by atoms with E-state index in [-0.39, 0.29) is 0 Å². The van der Waals surface area contributed by atoms with E-state index in [9.17, 15) is 0 Å². The summed E-state index contributed by atoms with van der Waals surface area (Å²) in [6.07, 6.45) is 2.78. The van der Waals surface area contributed by atoms with Crippen molar-refractivity contribution in [2.24, 2.45) is 5.10 Å². The van der Waals surface area contributed by atoms with Gasteiger partial charge in [-0.15, -0.1) is 0 Å². The summed E-state index contributed by atoms with van der Waals surface area (Å²) in [5.74, 6) is 1.45. The Morgan fingerprint density at radius 2 is 1.88 bits per heavy atom. The van der Waals surface area contributed by atoms with Gasteiger partial charge < -0.3 is 9.55 Å². The van der Waals surface area contributed by atoms with Gasteiger partial charge >= 0.3 is 0 Å². The van der Waals surface area contributed by atoms with Gasteiger partial charge in [-0.2, -0.15) is 5.10 Å². The number of anilines is 1.